The highest BCUT2D eigenvalue weighted by Gasteiger charge is 2.68. The second kappa shape index (κ2) is 2.38. The van der Waals surface area contributed by atoms with Crippen molar-refractivity contribution in [2.45, 2.75) is 33.6 Å². The molecule has 0 amide bonds. The molecule has 14 heavy (non-hydrogen) atoms. The van der Waals surface area contributed by atoms with E-state index in [0.717, 1.165) is 17.6 Å². The van der Waals surface area contributed by atoms with E-state index in [9.17, 15) is 10.0 Å². The van der Waals surface area contributed by atoms with Crippen LogP contribution in [0.5, 0.6) is 0 Å². The zero-order chi connectivity index (χ0) is 10.7. The molecule has 0 aromatic carbocycles. The van der Waals surface area contributed by atoms with Gasteiger partial charge in [0.2, 0.25) is 11.5 Å². The number of carbonyl (C=O) groups is 1. The largest absolute Gasteiger partial charge is 0.624 e. The summed E-state index contributed by atoms with van der Waals surface area (Å²) >= 11 is 0. The minimum absolute atomic E-state index is 0.0436. The van der Waals surface area contributed by atoms with Gasteiger partial charge in [0.15, 0.2) is 0 Å². The summed E-state index contributed by atoms with van der Waals surface area (Å²) in [6, 6.07) is 0. The van der Waals surface area contributed by atoms with Gasteiger partial charge in [0, 0.05) is 5.41 Å². The molecule has 78 valence electrons. The molecule has 0 heterocycles. The summed E-state index contributed by atoms with van der Waals surface area (Å²) in [5.41, 5.74) is 0.160. The second-order valence-corrected chi connectivity index (χ2v) is 5.36. The van der Waals surface area contributed by atoms with Crippen molar-refractivity contribution in [3.05, 3.63) is 5.21 Å². The minimum Gasteiger partial charge on any atom is -0.624 e. The second-order valence-electron chi connectivity index (χ2n) is 5.36. The van der Waals surface area contributed by atoms with E-state index in [1.807, 2.05) is 6.92 Å². The van der Waals surface area contributed by atoms with E-state index in [0.29, 0.717) is 5.71 Å². The van der Waals surface area contributed by atoms with Gasteiger partial charge in [-0.05, 0) is 18.3 Å². The van der Waals surface area contributed by atoms with Gasteiger partial charge >= 0.3 is 0 Å². The van der Waals surface area contributed by atoms with Crippen LogP contribution < -0.4 is 0 Å². The van der Waals surface area contributed by atoms with Crippen LogP contribution in [-0.4, -0.2) is 23.3 Å². The predicted octanol–water partition coefficient (Wildman–Crippen LogP) is 1.59. The Hall–Kier alpha value is -0.860. The zero-order valence-electron chi connectivity index (χ0n) is 9.26. The van der Waals surface area contributed by atoms with E-state index in [1.165, 1.54) is 7.05 Å². The third-order valence-corrected chi connectivity index (χ3v) is 4.63. The van der Waals surface area contributed by atoms with Crippen LogP contribution in [0.3, 0.4) is 0 Å². The minimum atomic E-state index is -0.300. The van der Waals surface area contributed by atoms with Crippen LogP contribution >= 0.6 is 0 Å². The third kappa shape index (κ3) is 0.787. The number of nitrogens with zero attached hydrogens (tertiary/aromatic N) is 1. The van der Waals surface area contributed by atoms with Gasteiger partial charge in [0.05, 0.1) is 5.92 Å². The fourth-order valence-electron chi connectivity index (χ4n) is 3.19. The molecule has 0 saturated heterocycles. The van der Waals surface area contributed by atoms with Gasteiger partial charge in [-0.3, -0.25) is 4.79 Å². The Labute approximate surface area is 84.4 Å². The number of fused-ring (bicyclic) bond motifs is 2. The van der Waals surface area contributed by atoms with Gasteiger partial charge in [0.1, 0.15) is 7.05 Å². The van der Waals surface area contributed by atoms with E-state index in [4.69, 9.17) is 0 Å². The Bertz CT molecular complexity index is 339. The quantitative estimate of drug-likeness (QED) is 0.335. The topological polar surface area (TPSA) is 43.1 Å². The average molecular weight is 195 g/mol. The summed E-state index contributed by atoms with van der Waals surface area (Å²) in [6.45, 7) is 6.23. The van der Waals surface area contributed by atoms with Crippen molar-refractivity contribution in [2.24, 2.45) is 16.7 Å². The standard InChI is InChI=1S/C11H17NO2/c1-10(2)7-5-6-11(10,3)9(13)8(7)12(4)14/h7H,5-6H2,1-4H3/b12-8+/t7-,11+/m0/s1. The Morgan fingerprint density at radius 1 is 1.43 bits per heavy atom. The molecule has 0 aromatic rings. The lowest BCUT2D eigenvalue weighted by Crippen LogP contribution is -2.35. The highest BCUT2D eigenvalue weighted by molar-refractivity contribution is 6.43. The highest BCUT2D eigenvalue weighted by atomic mass is 16.5. The molecule has 3 nitrogen and oxygen atoms in total. The van der Waals surface area contributed by atoms with Crippen molar-refractivity contribution in [2.75, 3.05) is 7.05 Å². The lowest BCUT2D eigenvalue weighted by molar-refractivity contribution is -0.424. The monoisotopic (exact) mass is 195 g/mol. The summed E-state index contributed by atoms with van der Waals surface area (Å²) in [5, 5.41) is 11.3. The Morgan fingerprint density at radius 3 is 2.29 bits per heavy atom. The Kier molecular flexibility index (Phi) is 1.65. The molecular formula is C11H17NO2. The molecule has 0 unspecified atom stereocenters. The molecule has 0 aliphatic heterocycles. The smallest absolute Gasteiger partial charge is 0.234 e. The van der Waals surface area contributed by atoms with Crippen molar-refractivity contribution < 1.29 is 9.53 Å². The summed E-state index contributed by atoms with van der Waals surface area (Å²) in [6.07, 6.45) is 1.91. The summed E-state index contributed by atoms with van der Waals surface area (Å²) in [4.78, 5) is 12.1. The first-order chi connectivity index (χ1) is 6.32. The number of ketones is 1. The number of hydrogen-bond donors (Lipinski definition) is 0. The number of rotatable bonds is 0. The number of carbonyl (C=O) groups excluding carboxylic acids is 1. The Morgan fingerprint density at radius 2 is 2.00 bits per heavy atom. The van der Waals surface area contributed by atoms with Crippen LogP contribution in [0.25, 0.3) is 0 Å². The first kappa shape index (κ1) is 9.69. The van der Waals surface area contributed by atoms with Gasteiger partial charge in [-0.15, -0.1) is 0 Å². The molecule has 2 atom stereocenters. The first-order valence-electron chi connectivity index (χ1n) is 5.15. The molecule has 0 aromatic heterocycles. The number of hydrogen-bond acceptors (Lipinski definition) is 2. The fourth-order valence-corrected chi connectivity index (χ4v) is 3.19. The maximum atomic E-state index is 12.1. The van der Waals surface area contributed by atoms with Crippen molar-refractivity contribution in [3.63, 3.8) is 0 Å². The predicted molar refractivity (Wildman–Crippen MR) is 54.2 cm³/mol. The molecule has 3 heteroatoms. The highest BCUT2D eigenvalue weighted by Crippen LogP contribution is 2.62. The van der Waals surface area contributed by atoms with Crippen LogP contribution in [-0.2, 0) is 4.79 Å². The van der Waals surface area contributed by atoms with Gasteiger partial charge < -0.3 is 5.21 Å². The van der Waals surface area contributed by atoms with Crippen LogP contribution in [0.15, 0.2) is 0 Å². The van der Waals surface area contributed by atoms with Crippen molar-refractivity contribution >= 4 is 11.5 Å². The molecular weight excluding hydrogens is 178 g/mol. The molecule has 0 spiro atoms. The van der Waals surface area contributed by atoms with Crippen molar-refractivity contribution in [1.29, 1.82) is 0 Å². The lowest BCUT2D eigenvalue weighted by Gasteiger charge is -2.30. The van der Waals surface area contributed by atoms with E-state index in [1.54, 1.807) is 0 Å². The summed E-state index contributed by atoms with van der Waals surface area (Å²) in [5.74, 6) is 0.249. The van der Waals surface area contributed by atoms with Crippen LogP contribution in [0.4, 0.5) is 0 Å². The van der Waals surface area contributed by atoms with Crippen LogP contribution in [0.1, 0.15) is 33.6 Å². The number of Topliss-reactive ketones (excluding diaryl/α,β-unsaturated/α-hetero) is 1. The fraction of sp³-hybridized carbons (Fsp3) is 0.818. The normalized spacial score (nSPS) is 43.1. The van der Waals surface area contributed by atoms with E-state index >= 15 is 0 Å². The molecule has 0 N–H and O–H groups in total. The van der Waals surface area contributed by atoms with E-state index in [2.05, 4.69) is 13.8 Å². The zero-order valence-corrected chi connectivity index (χ0v) is 9.26. The van der Waals surface area contributed by atoms with Crippen LogP contribution in [0.2, 0.25) is 0 Å². The van der Waals surface area contributed by atoms with Crippen molar-refractivity contribution in [1.82, 2.24) is 0 Å². The number of hydroxylamine groups is 1. The van der Waals surface area contributed by atoms with Gasteiger partial charge in [-0.2, -0.15) is 0 Å². The lowest BCUT2D eigenvalue weighted by atomic mass is 9.70. The maximum absolute atomic E-state index is 12.1. The Balaban J connectivity index is 2.61. The van der Waals surface area contributed by atoms with Crippen LogP contribution in [0, 0.1) is 22.0 Å². The molecule has 0 radical (unpaired) electrons. The summed E-state index contributed by atoms with van der Waals surface area (Å²) in [7, 11) is 1.44. The third-order valence-electron chi connectivity index (χ3n) is 4.63. The first-order valence-corrected chi connectivity index (χ1v) is 5.15. The van der Waals surface area contributed by atoms with Gasteiger partial charge in [0.25, 0.3) is 0 Å². The molecule has 2 saturated carbocycles. The molecule has 2 rings (SSSR count). The molecule has 2 fully saturated rings. The average Bonchev–Trinajstić information content (AvgIpc) is 2.35. The molecule has 2 aliphatic rings. The van der Waals surface area contributed by atoms with Crippen molar-refractivity contribution in [3.8, 4) is 0 Å². The SMILES string of the molecule is C/[N+]([O-])=C1\C(=O)[C@@]2(C)CC[C@@H]1C2(C)C. The summed E-state index contributed by atoms with van der Waals surface area (Å²) < 4.78 is 0.777. The van der Waals surface area contributed by atoms with Gasteiger partial charge in [-0.25, -0.2) is 4.74 Å². The molecule has 2 bridgehead atoms. The maximum Gasteiger partial charge on any atom is 0.234 e. The molecule has 2 aliphatic carbocycles. The van der Waals surface area contributed by atoms with E-state index < -0.39 is 0 Å². The van der Waals surface area contributed by atoms with E-state index in [-0.39, 0.29) is 22.5 Å². The van der Waals surface area contributed by atoms with Gasteiger partial charge in [-0.1, -0.05) is 20.8 Å².